The van der Waals surface area contributed by atoms with Crippen molar-refractivity contribution in [2.75, 3.05) is 0 Å². The fraction of sp³-hybridized carbons (Fsp3) is 0.250. The van der Waals surface area contributed by atoms with Gasteiger partial charge in [-0.15, -0.1) is 21.9 Å². The molecule has 0 saturated carbocycles. The first-order valence-electron chi connectivity index (χ1n) is 20.9. The van der Waals surface area contributed by atoms with Gasteiger partial charge in [-0.2, -0.15) is 0 Å². The maximum absolute atomic E-state index is 11.2. The highest BCUT2D eigenvalue weighted by Crippen LogP contribution is 2.45. The van der Waals surface area contributed by atoms with Crippen LogP contribution in [0.2, 0.25) is 0 Å². The molecule has 0 bridgehead atoms. The summed E-state index contributed by atoms with van der Waals surface area (Å²) < 4.78 is 10.8. The zero-order chi connectivity index (χ0) is 46.9. The van der Waals surface area contributed by atoms with Gasteiger partial charge in [-0.3, -0.25) is 0 Å². The van der Waals surface area contributed by atoms with Gasteiger partial charge in [0.25, 0.3) is 0 Å². The Morgan fingerprint density at radius 1 is 0.406 bits per heavy atom. The van der Waals surface area contributed by atoms with E-state index < -0.39 is 5.75 Å². The highest BCUT2D eigenvalue weighted by molar-refractivity contribution is 6.69. The van der Waals surface area contributed by atoms with Crippen LogP contribution in [0.1, 0.15) is 79.0 Å². The largest absolute Gasteiger partial charge is 0.509 e. The summed E-state index contributed by atoms with van der Waals surface area (Å²) in [5, 5.41) is 14.5. The molecule has 6 aromatic carbocycles. The number of hydrogen-bond donors (Lipinski definition) is 1. The van der Waals surface area contributed by atoms with Crippen LogP contribution in [0.25, 0.3) is 76.9 Å². The molecule has 64 heavy (non-hydrogen) atoms. The summed E-state index contributed by atoms with van der Waals surface area (Å²) in [7, 11) is 81.7. The molecule has 16 heteroatoms. The molecular formula is C48H34B12N2O2. The maximum Gasteiger partial charge on any atom is 0.159 e. The number of aromatic nitrogens is 2. The number of phenolic OH excluding ortho intramolecular Hbond substituents is 1. The lowest BCUT2D eigenvalue weighted by Crippen LogP contribution is -2.48. The van der Waals surface area contributed by atoms with Crippen LogP contribution in [0.15, 0.2) is 40.8 Å². The van der Waals surface area contributed by atoms with Crippen LogP contribution < -0.4 is 65.6 Å². The van der Waals surface area contributed by atoms with Crippen LogP contribution in [-0.2, 0) is 16.2 Å². The molecule has 0 saturated heterocycles. The predicted octanol–water partition coefficient (Wildman–Crippen LogP) is -1.10. The fourth-order valence-electron chi connectivity index (χ4n) is 9.35. The molecule has 3 heterocycles. The van der Waals surface area contributed by atoms with Crippen molar-refractivity contribution in [3.05, 3.63) is 53.1 Å². The molecule has 284 valence electrons. The van der Waals surface area contributed by atoms with Crippen LogP contribution in [0.4, 0.5) is 0 Å². The van der Waals surface area contributed by atoms with Crippen molar-refractivity contribution in [2.45, 2.75) is 78.6 Å². The van der Waals surface area contributed by atoms with E-state index in [0.717, 1.165) is 33.0 Å². The van der Waals surface area contributed by atoms with Crippen molar-refractivity contribution in [2.24, 2.45) is 0 Å². The number of hydrogen-bond acceptors (Lipinski definition) is 2. The topological polar surface area (TPSA) is 43.2 Å². The molecule has 0 atom stereocenters. The molecule has 24 radical (unpaired) electrons. The summed E-state index contributed by atoms with van der Waals surface area (Å²) >= 11 is 0. The molecule has 9 rings (SSSR count). The Morgan fingerprint density at radius 3 is 1.48 bits per heavy atom. The monoisotopic (exact) mass is 802 g/mol. The van der Waals surface area contributed by atoms with E-state index in [1.54, 1.807) is 16.7 Å². The average Bonchev–Trinajstić information content (AvgIpc) is 3.88. The quantitative estimate of drug-likeness (QED) is 0.226. The normalized spacial score (nSPS) is 13.0. The number of benzene rings is 6. The maximum atomic E-state index is 11.2. The summed E-state index contributed by atoms with van der Waals surface area (Å²) in [4.78, 5) is 0. The number of nitrogens with zero attached hydrogens (tertiary/aromatic N) is 2. The van der Waals surface area contributed by atoms with Crippen LogP contribution in [-0.4, -0.2) is 108 Å². The van der Waals surface area contributed by atoms with Gasteiger partial charge in [0.05, 0.1) is 16.9 Å². The first-order valence-corrected chi connectivity index (χ1v) is 20.9. The van der Waals surface area contributed by atoms with E-state index >= 15 is 0 Å². The molecule has 0 aliphatic heterocycles. The summed E-state index contributed by atoms with van der Waals surface area (Å²) in [6.07, 6.45) is 0. The van der Waals surface area contributed by atoms with Crippen LogP contribution >= 0.6 is 0 Å². The number of fused-ring (bicyclic) bond motifs is 9. The minimum Gasteiger partial charge on any atom is -0.509 e. The molecule has 0 fully saturated rings. The summed E-state index contributed by atoms with van der Waals surface area (Å²) in [6.45, 7) is 19.6. The van der Waals surface area contributed by atoms with Gasteiger partial charge in [0.15, 0.2) is 5.58 Å². The molecule has 0 aliphatic carbocycles. The molecule has 0 aliphatic rings. The molecule has 4 nitrogen and oxygen atoms in total. The van der Waals surface area contributed by atoms with E-state index in [1.165, 1.54) is 0 Å². The summed E-state index contributed by atoms with van der Waals surface area (Å²) in [5.74, 6) is -0.421. The Hall–Kier alpha value is -4.70. The smallest absolute Gasteiger partial charge is 0.159 e. The molecular weight excluding hydrogens is 766 g/mol. The standard InChI is InChI=1S/C48H34B12N2O2/c1-46(2,3)16-10-18-19-11-17(47(4,5)6)13-25(45(19)64-44(18)20(12-16)48(7,8)9)62-40-27(29-33(54)35(56)36(57)37(58)42(29)62)24(15-22(50)31(40)52)61-23-14-21(49)30(51)32(53)26(23)28-34(55)43(63)39(60)38(59)41(28)61/h10-15,63H,1-9H3. The molecule has 9 aromatic rings. The Kier molecular flexibility index (Phi) is 9.84. The Morgan fingerprint density at radius 2 is 0.891 bits per heavy atom. The number of phenols is 1. The van der Waals surface area contributed by atoms with E-state index in [-0.39, 0.29) is 92.7 Å². The van der Waals surface area contributed by atoms with Gasteiger partial charge in [-0.25, -0.2) is 0 Å². The van der Waals surface area contributed by atoms with Crippen LogP contribution in [0.5, 0.6) is 5.75 Å². The third-order valence-corrected chi connectivity index (χ3v) is 13.0. The SMILES string of the molecule is [B]c1cc2c(c([B])c1[B])c1c([B])c(O)c([B])c([B])c1n2-c1cc([B])c([B])c2c1c1c([B])c([B])c([B])c([B])c1n2-c1cc(C(C)(C)C)cc2c1oc1c(C(C)(C)C)cc(C(C)(C)C)cc12. The molecule has 0 amide bonds. The van der Waals surface area contributed by atoms with Gasteiger partial charge in [0.2, 0.25) is 0 Å². The highest BCUT2D eigenvalue weighted by atomic mass is 16.3. The van der Waals surface area contributed by atoms with Crippen molar-refractivity contribution in [3.8, 4) is 17.1 Å². The van der Waals surface area contributed by atoms with Crippen molar-refractivity contribution < 1.29 is 9.52 Å². The van der Waals surface area contributed by atoms with Crippen LogP contribution in [0.3, 0.4) is 0 Å². The van der Waals surface area contributed by atoms with Crippen molar-refractivity contribution >= 4 is 225 Å². The summed E-state index contributed by atoms with van der Waals surface area (Å²) in [6, 6.07) is 12.0. The molecule has 1 N–H and O–H groups in total. The summed E-state index contributed by atoms with van der Waals surface area (Å²) in [5.41, 5.74) is 7.04. The number of rotatable bonds is 2. The van der Waals surface area contributed by atoms with Gasteiger partial charge in [-0.1, -0.05) is 107 Å². The molecule has 0 spiro atoms. The number of furan rings is 1. The van der Waals surface area contributed by atoms with Gasteiger partial charge >= 0.3 is 0 Å². The highest BCUT2D eigenvalue weighted by Gasteiger charge is 2.32. The first kappa shape index (κ1) is 44.5. The number of aromatic hydroxyl groups is 1. The lowest BCUT2D eigenvalue weighted by Gasteiger charge is -2.25. The van der Waals surface area contributed by atoms with Gasteiger partial charge in [0.1, 0.15) is 105 Å². The van der Waals surface area contributed by atoms with E-state index in [0.29, 0.717) is 49.7 Å². The Bertz CT molecular complexity index is 3600. The zero-order valence-electron chi connectivity index (χ0n) is 37.6. The van der Waals surface area contributed by atoms with Gasteiger partial charge < -0.3 is 18.7 Å². The predicted molar refractivity (Wildman–Crippen MR) is 285 cm³/mol. The van der Waals surface area contributed by atoms with Crippen molar-refractivity contribution in [3.63, 3.8) is 0 Å². The van der Waals surface area contributed by atoms with E-state index in [2.05, 4.69) is 86.6 Å². The second-order valence-corrected chi connectivity index (χ2v) is 20.3. The van der Waals surface area contributed by atoms with E-state index in [1.807, 2.05) is 4.57 Å². The lowest BCUT2D eigenvalue weighted by molar-refractivity contribution is 0.485. The Labute approximate surface area is 390 Å². The molecule has 0 unspecified atom stereocenters. The average molecular weight is 801 g/mol. The lowest BCUT2D eigenvalue weighted by atomic mass is 9.65. The fourth-order valence-corrected chi connectivity index (χ4v) is 9.35. The van der Waals surface area contributed by atoms with E-state index in [9.17, 15) is 5.11 Å². The van der Waals surface area contributed by atoms with Gasteiger partial charge in [-0.05, 0) is 68.6 Å². The third kappa shape index (κ3) is 6.05. The zero-order valence-corrected chi connectivity index (χ0v) is 37.6. The van der Waals surface area contributed by atoms with E-state index in [4.69, 9.17) is 98.6 Å². The second kappa shape index (κ2) is 14.2. The minimum absolute atomic E-state index is 0.0101. The molecule has 3 aromatic heterocycles. The van der Waals surface area contributed by atoms with Crippen LogP contribution in [0, 0.1) is 0 Å². The second-order valence-electron chi connectivity index (χ2n) is 20.3. The van der Waals surface area contributed by atoms with Crippen molar-refractivity contribution in [1.82, 2.24) is 9.13 Å². The Balaban J connectivity index is 1.60. The van der Waals surface area contributed by atoms with Crippen molar-refractivity contribution in [1.29, 1.82) is 0 Å². The first-order chi connectivity index (χ1) is 29.6. The third-order valence-electron chi connectivity index (χ3n) is 13.0. The van der Waals surface area contributed by atoms with Gasteiger partial charge in [0, 0.05) is 49.0 Å². The minimum atomic E-state index is -0.421.